The maximum Gasteiger partial charge on any atom is 0.242 e. The number of aromatic nitrogens is 2. The highest BCUT2D eigenvalue weighted by Crippen LogP contribution is 2.39. The third-order valence-electron chi connectivity index (χ3n) is 3.49. The van der Waals surface area contributed by atoms with Gasteiger partial charge in [-0.05, 0) is 19.8 Å². The summed E-state index contributed by atoms with van der Waals surface area (Å²) >= 11 is 0. The number of carbonyl (C=O) groups excluding carboxylic acids is 1. The second-order valence-corrected chi connectivity index (χ2v) is 4.94. The second-order valence-electron chi connectivity index (χ2n) is 4.94. The van der Waals surface area contributed by atoms with Gasteiger partial charge in [0.25, 0.3) is 0 Å². The van der Waals surface area contributed by atoms with Crippen molar-refractivity contribution in [1.82, 2.24) is 15.3 Å². The molecule has 1 unspecified atom stereocenters. The van der Waals surface area contributed by atoms with Crippen molar-refractivity contribution in [2.45, 2.75) is 31.7 Å². The molecular weight excluding hydrogens is 230 g/mol. The standard InChI is InChI=1S/C12H17N5O/c1-7-12(18)14-4-5-17(7)10-6-9(13)15-11(16-10)8-2-3-8/h6-8H,2-5H2,1H3,(H,14,18)(H2,13,15,16). The van der Waals surface area contributed by atoms with Crippen molar-refractivity contribution in [3.63, 3.8) is 0 Å². The molecule has 2 aliphatic rings. The third kappa shape index (κ3) is 1.98. The van der Waals surface area contributed by atoms with Gasteiger partial charge in [0.15, 0.2) is 0 Å². The number of nitrogens with one attached hydrogen (secondary N) is 1. The van der Waals surface area contributed by atoms with E-state index < -0.39 is 0 Å². The van der Waals surface area contributed by atoms with Gasteiger partial charge in [0.05, 0.1) is 0 Å². The smallest absolute Gasteiger partial charge is 0.242 e. The zero-order chi connectivity index (χ0) is 12.7. The fraction of sp³-hybridized carbons (Fsp3) is 0.583. The van der Waals surface area contributed by atoms with Gasteiger partial charge in [-0.3, -0.25) is 4.79 Å². The van der Waals surface area contributed by atoms with Crippen LogP contribution in [0.15, 0.2) is 6.07 Å². The van der Waals surface area contributed by atoms with Crippen LogP contribution in [0.1, 0.15) is 31.5 Å². The normalized spacial score (nSPS) is 23.9. The minimum Gasteiger partial charge on any atom is -0.384 e. The van der Waals surface area contributed by atoms with E-state index in [2.05, 4.69) is 15.3 Å². The predicted molar refractivity (Wildman–Crippen MR) is 68.2 cm³/mol. The molecule has 1 aromatic rings. The Morgan fingerprint density at radius 3 is 2.94 bits per heavy atom. The zero-order valence-electron chi connectivity index (χ0n) is 10.4. The minimum absolute atomic E-state index is 0.0337. The molecule has 2 fully saturated rings. The molecule has 0 aromatic carbocycles. The molecule has 0 radical (unpaired) electrons. The summed E-state index contributed by atoms with van der Waals surface area (Å²) in [6.45, 7) is 3.28. The van der Waals surface area contributed by atoms with Gasteiger partial charge in [-0.2, -0.15) is 0 Å². The fourth-order valence-corrected chi connectivity index (χ4v) is 2.24. The highest BCUT2D eigenvalue weighted by atomic mass is 16.2. The molecule has 1 amide bonds. The lowest BCUT2D eigenvalue weighted by Crippen LogP contribution is -2.54. The zero-order valence-corrected chi connectivity index (χ0v) is 10.4. The van der Waals surface area contributed by atoms with Crippen LogP contribution in [0.3, 0.4) is 0 Å². The molecule has 1 saturated heterocycles. The predicted octanol–water partition coefficient (Wildman–Crippen LogP) is 0.261. The van der Waals surface area contributed by atoms with Gasteiger partial charge in [0.2, 0.25) is 5.91 Å². The first kappa shape index (κ1) is 11.3. The highest BCUT2D eigenvalue weighted by Gasteiger charge is 2.30. The monoisotopic (exact) mass is 247 g/mol. The van der Waals surface area contributed by atoms with E-state index in [0.717, 1.165) is 31.0 Å². The van der Waals surface area contributed by atoms with Gasteiger partial charge in [-0.25, -0.2) is 9.97 Å². The number of nitrogens with two attached hydrogens (primary N) is 1. The molecule has 18 heavy (non-hydrogen) atoms. The molecule has 2 heterocycles. The lowest BCUT2D eigenvalue weighted by atomic mass is 10.2. The van der Waals surface area contributed by atoms with Crippen molar-refractivity contribution in [2.24, 2.45) is 0 Å². The van der Waals surface area contributed by atoms with Crippen molar-refractivity contribution in [3.8, 4) is 0 Å². The number of anilines is 2. The minimum atomic E-state index is -0.208. The van der Waals surface area contributed by atoms with Gasteiger partial charge in [0.1, 0.15) is 23.5 Å². The van der Waals surface area contributed by atoms with E-state index in [0.29, 0.717) is 18.3 Å². The van der Waals surface area contributed by atoms with Crippen LogP contribution in [0.2, 0.25) is 0 Å². The molecule has 6 nitrogen and oxygen atoms in total. The van der Waals surface area contributed by atoms with E-state index in [1.165, 1.54) is 0 Å². The number of amides is 1. The summed E-state index contributed by atoms with van der Waals surface area (Å²) in [6, 6.07) is 1.54. The Bertz CT molecular complexity index is 485. The van der Waals surface area contributed by atoms with Gasteiger partial charge in [0, 0.05) is 25.1 Å². The highest BCUT2D eigenvalue weighted by molar-refractivity contribution is 5.85. The number of nitrogen functional groups attached to an aromatic ring is 1. The third-order valence-corrected chi connectivity index (χ3v) is 3.49. The number of hydrogen-bond acceptors (Lipinski definition) is 5. The van der Waals surface area contributed by atoms with E-state index in [-0.39, 0.29) is 11.9 Å². The van der Waals surface area contributed by atoms with Crippen LogP contribution in [0, 0.1) is 0 Å². The number of rotatable bonds is 2. The van der Waals surface area contributed by atoms with E-state index >= 15 is 0 Å². The summed E-state index contributed by atoms with van der Waals surface area (Å²) in [4.78, 5) is 22.5. The Morgan fingerprint density at radius 2 is 2.22 bits per heavy atom. The number of piperazine rings is 1. The average Bonchev–Trinajstić information content (AvgIpc) is 3.16. The fourth-order valence-electron chi connectivity index (χ4n) is 2.24. The van der Waals surface area contributed by atoms with Crippen LogP contribution in [0.25, 0.3) is 0 Å². The SMILES string of the molecule is CC1C(=O)NCCN1c1cc(N)nc(C2CC2)n1. The first-order valence-electron chi connectivity index (χ1n) is 6.34. The molecule has 0 bridgehead atoms. The van der Waals surface area contributed by atoms with Crippen LogP contribution in [0.5, 0.6) is 0 Å². The lowest BCUT2D eigenvalue weighted by molar-refractivity contribution is -0.122. The van der Waals surface area contributed by atoms with Crippen molar-refractivity contribution in [1.29, 1.82) is 0 Å². The summed E-state index contributed by atoms with van der Waals surface area (Å²) in [7, 11) is 0. The molecule has 3 N–H and O–H groups in total. The topological polar surface area (TPSA) is 84.1 Å². The maximum absolute atomic E-state index is 11.7. The van der Waals surface area contributed by atoms with E-state index in [9.17, 15) is 4.79 Å². The van der Waals surface area contributed by atoms with Gasteiger partial charge < -0.3 is 16.0 Å². The molecule has 3 rings (SSSR count). The van der Waals surface area contributed by atoms with Crippen molar-refractivity contribution in [2.75, 3.05) is 23.7 Å². The quantitative estimate of drug-likeness (QED) is 0.783. The van der Waals surface area contributed by atoms with Crippen LogP contribution in [-0.2, 0) is 4.79 Å². The average molecular weight is 247 g/mol. The molecule has 1 saturated carbocycles. The molecule has 1 atom stereocenters. The van der Waals surface area contributed by atoms with Crippen LogP contribution in [0.4, 0.5) is 11.6 Å². The summed E-state index contributed by atoms with van der Waals surface area (Å²) < 4.78 is 0. The summed E-state index contributed by atoms with van der Waals surface area (Å²) in [6.07, 6.45) is 2.28. The first-order valence-corrected chi connectivity index (χ1v) is 6.34. The summed E-state index contributed by atoms with van der Waals surface area (Å²) in [5.41, 5.74) is 5.83. The van der Waals surface area contributed by atoms with Gasteiger partial charge in [-0.15, -0.1) is 0 Å². The molecule has 1 aliphatic heterocycles. The Morgan fingerprint density at radius 1 is 1.44 bits per heavy atom. The van der Waals surface area contributed by atoms with Crippen LogP contribution in [-0.4, -0.2) is 35.0 Å². The lowest BCUT2D eigenvalue weighted by Gasteiger charge is -2.33. The second kappa shape index (κ2) is 4.12. The van der Waals surface area contributed by atoms with Crippen LogP contribution < -0.4 is 16.0 Å². The van der Waals surface area contributed by atoms with E-state index in [1.807, 2.05) is 11.8 Å². The van der Waals surface area contributed by atoms with Crippen LogP contribution >= 0.6 is 0 Å². The number of hydrogen-bond donors (Lipinski definition) is 2. The summed E-state index contributed by atoms with van der Waals surface area (Å²) in [5, 5.41) is 2.84. The van der Waals surface area contributed by atoms with Crippen molar-refractivity contribution < 1.29 is 4.79 Å². The molecule has 0 spiro atoms. The molecule has 1 aliphatic carbocycles. The van der Waals surface area contributed by atoms with E-state index in [1.54, 1.807) is 6.07 Å². The van der Waals surface area contributed by atoms with Gasteiger partial charge >= 0.3 is 0 Å². The van der Waals surface area contributed by atoms with Crippen molar-refractivity contribution >= 4 is 17.5 Å². The number of carbonyl (C=O) groups is 1. The van der Waals surface area contributed by atoms with Gasteiger partial charge in [-0.1, -0.05) is 0 Å². The largest absolute Gasteiger partial charge is 0.384 e. The Hall–Kier alpha value is -1.85. The van der Waals surface area contributed by atoms with E-state index in [4.69, 9.17) is 5.73 Å². The maximum atomic E-state index is 11.7. The number of nitrogens with zero attached hydrogens (tertiary/aromatic N) is 3. The summed E-state index contributed by atoms with van der Waals surface area (Å²) in [5.74, 6) is 2.57. The molecular formula is C12H17N5O. The Labute approximate surface area is 106 Å². The molecule has 1 aromatic heterocycles. The first-order chi connectivity index (χ1) is 8.65. The van der Waals surface area contributed by atoms with Crippen molar-refractivity contribution in [3.05, 3.63) is 11.9 Å². The Kier molecular flexibility index (Phi) is 2.57. The molecule has 96 valence electrons. The molecule has 6 heteroatoms. The Balaban J connectivity index is 1.92.